The average molecular weight is 254 g/mol. The highest BCUT2D eigenvalue weighted by Gasteiger charge is 2.16. The van der Waals surface area contributed by atoms with Gasteiger partial charge in [-0.1, -0.05) is 32.1 Å². The molecule has 1 saturated carbocycles. The number of hydrogen-bond donors (Lipinski definition) is 0. The summed E-state index contributed by atoms with van der Waals surface area (Å²) in [5, 5.41) is 0. The van der Waals surface area contributed by atoms with Crippen LogP contribution in [-0.2, 0) is 11.2 Å². The Balaban J connectivity index is 0.00000144. The van der Waals surface area contributed by atoms with Gasteiger partial charge < -0.3 is 0 Å². The predicted octanol–water partition coefficient (Wildman–Crippen LogP) is 3.59. The van der Waals surface area contributed by atoms with Gasteiger partial charge in [-0.15, -0.1) is 12.4 Å². The third-order valence-electron chi connectivity index (χ3n) is 3.39. The van der Waals surface area contributed by atoms with Crippen LogP contribution in [0.4, 0.5) is 0 Å². The van der Waals surface area contributed by atoms with E-state index < -0.39 is 0 Å². The van der Waals surface area contributed by atoms with Gasteiger partial charge in [-0.25, -0.2) is 0 Å². The van der Waals surface area contributed by atoms with Gasteiger partial charge in [0.2, 0.25) is 0 Å². The van der Waals surface area contributed by atoms with Crippen molar-refractivity contribution in [3.05, 3.63) is 30.1 Å². The lowest BCUT2D eigenvalue weighted by molar-refractivity contribution is -0.119. The van der Waals surface area contributed by atoms with Crippen molar-refractivity contribution in [1.29, 1.82) is 0 Å². The topological polar surface area (TPSA) is 30.0 Å². The number of Topliss-reactive ketones (excluding diaryl/α,β-unsaturated/α-hetero) is 1. The molecule has 0 radical (unpaired) electrons. The summed E-state index contributed by atoms with van der Waals surface area (Å²) in [6, 6.07) is 3.86. The highest BCUT2D eigenvalue weighted by molar-refractivity contribution is 5.85. The summed E-state index contributed by atoms with van der Waals surface area (Å²) in [4.78, 5) is 15.8. The van der Waals surface area contributed by atoms with Crippen LogP contribution in [-0.4, -0.2) is 10.8 Å². The molecule has 2 nitrogen and oxygen atoms in total. The minimum absolute atomic E-state index is 0. The van der Waals surface area contributed by atoms with Crippen LogP contribution in [0.25, 0.3) is 0 Å². The van der Waals surface area contributed by atoms with Gasteiger partial charge in [-0.05, 0) is 23.6 Å². The van der Waals surface area contributed by atoms with Crippen molar-refractivity contribution < 1.29 is 4.79 Å². The fourth-order valence-corrected chi connectivity index (χ4v) is 2.51. The molecule has 1 heterocycles. The van der Waals surface area contributed by atoms with Gasteiger partial charge in [0.1, 0.15) is 5.78 Å². The Labute approximate surface area is 109 Å². The van der Waals surface area contributed by atoms with Crippen LogP contribution in [0.15, 0.2) is 24.5 Å². The maximum absolute atomic E-state index is 11.9. The highest BCUT2D eigenvalue weighted by atomic mass is 35.5. The first-order valence-electron chi connectivity index (χ1n) is 6.25. The molecule has 0 atom stereocenters. The third-order valence-corrected chi connectivity index (χ3v) is 3.39. The summed E-state index contributed by atoms with van der Waals surface area (Å²) in [5.41, 5.74) is 1.09. The van der Waals surface area contributed by atoms with E-state index in [-0.39, 0.29) is 12.4 Å². The Morgan fingerprint density at radius 1 is 1.18 bits per heavy atom. The summed E-state index contributed by atoms with van der Waals surface area (Å²) in [6.45, 7) is 0. The molecule has 2 rings (SSSR count). The summed E-state index contributed by atoms with van der Waals surface area (Å²) in [6.07, 6.45) is 11.4. The highest BCUT2D eigenvalue weighted by Crippen LogP contribution is 2.26. The normalized spacial score (nSPS) is 16.2. The first kappa shape index (κ1) is 14.2. The van der Waals surface area contributed by atoms with Gasteiger partial charge in [0.15, 0.2) is 0 Å². The third kappa shape index (κ3) is 4.86. The van der Waals surface area contributed by atoms with E-state index in [4.69, 9.17) is 0 Å². The minimum atomic E-state index is 0. The molecule has 0 amide bonds. The number of pyridine rings is 1. The monoisotopic (exact) mass is 253 g/mol. The zero-order valence-electron chi connectivity index (χ0n) is 10.1. The van der Waals surface area contributed by atoms with Gasteiger partial charge in [-0.2, -0.15) is 0 Å². The molecule has 0 aliphatic heterocycles. The predicted molar refractivity (Wildman–Crippen MR) is 71.4 cm³/mol. The standard InChI is InChI=1S/C14H19NO.ClH/c16-14(10-12-4-2-1-3-5-12)11-13-6-8-15-9-7-13;/h6-9,12H,1-5,10-11H2;1H. The molecule has 0 unspecified atom stereocenters. The van der Waals surface area contributed by atoms with Crippen molar-refractivity contribution in [2.45, 2.75) is 44.9 Å². The van der Waals surface area contributed by atoms with E-state index in [9.17, 15) is 4.79 Å². The quantitative estimate of drug-likeness (QED) is 0.821. The molecule has 0 N–H and O–H groups in total. The van der Waals surface area contributed by atoms with Crippen molar-refractivity contribution in [3.63, 3.8) is 0 Å². The second kappa shape index (κ2) is 7.44. The molecule has 1 aromatic rings. The van der Waals surface area contributed by atoms with Crippen LogP contribution in [0, 0.1) is 5.92 Å². The fourth-order valence-electron chi connectivity index (χ4n) is 2.51. The number of hydrogen-bond acceptors (Lipinski definition) is 2. The Morgan fingerprint density at radius 2 is 1.82 bits per heavy atom. The summed E-state index contributed by atoms with van der Waals surface area (Å²) >= 11 is 0. The molecule has 0 bridgehead atoms. The smallest absolute Gasteiger partial charge is 0.137 e. The van der Waals surface area contributed by atoms with Crippen LogP contribution in [0.5, 0.6) is 0 Å². The Bertz CT molecular complexity index is 333. The van der Waals surface area contributed by atoms with Crippen LogP contribution in [0.2, 0.25) is 0 Å². The van der Waals surface area contributed by atoms with Gasteiger partial charge in [-0.3, -0.25) is 9.78 Å². The molecule has 3 heteroatoms. The first-order chi connectivity index (χ1) is 7.84. The first-order valence-corrected chi connectivity index (χ1v) is 6.25. The van der Waals surface area contributed by atoms with E-state index in [0.717, 1.165) is 12.0 Å². The second-order valence-corrected chi connectivity index (χ2v) is 4.78. The van der Waals surface area contributed by atoms with E-state index in [1.54, 1.807) is 12.4 Å². The van der Waals surface area contributed by atoms with E-state index >= 15 is 0 Å². The molecular formula is C14H20ClNO. The largest absolute Gasteiger partial charge is 0.299 e. The van der Waals surface area contributed by atoms with Gasteiger partial charge in [0.25, 0.3) is 0 Å². The van der Waals surface area contributed by atoms with E-state index in [1.165, 1.54) is 32.1 Å². The zero-order valence-corrected chi connectivity index (χ0v) is 10.9. The van der Waals surface area contributed by atoms with Crippen molar-refractivity contribution in [2.24, 2.45) is 5.92 Å². The Kier molecular flexibility index (Phi) is 6.20. The lowest BCUT2D eigenvalue weighted by Crippen LogP contribution is -2.13. The number of rotatable bonds is 4. The fraction of sp³-hybridized carbons (Fsp3) is 0.571. The molecule has 0 spiro atoms. The summed E-state index contributed by atoms with van der Waals surface area (Å²) < 4.78 is 0. The maximum Gasteiger partial charge on any atom is 0.137 e. The lowest BCUT2D eigenvalue weighted by Gasteiger charge is -2.20. The van der Waals surface area contributed by atoms with Crippen molar-refractivity contribution in [1.82, 2.24) is 4.98 Å². The molecule has 0 saturated heterocycles. The second-order valence-electron chi connectivity index (χ2n) is 4.78. The minimum Gasteiger partial charge on any atom is -0.299 e. The molecule has 1 aliphatic carbocycles. The lowest BCUT2D eigenvalue weighted by atomic mass is 9.85. The Morgan fingerprint density at radius 3 is 2.47 bits per heavy atom. The van der Waals surface area contributed by atoms with Crippen LogP contribution >= 0.6 is 12.4 Å². The maximum atomic E-state index is 11.9. The van der Waals surface area contributed by atoms with Gasteiger partial charge in [0.05, 0.1) is 0 Å². The molecule has 1 aliphatic rings. The number of ketones is 1. The number of nitrogens with zero attached hydrogens (tertiary/aromatic N) is 1. The summed E-state index contributed by atoms with van der Waals surface area (Å²) in [5.74, 6) is 1.04. The molecule has 1 aromatic heterocycles. The molecule has 0 aromatic carbocycles. The SMILES string of the molecule is Cl.O=C(Cc1ccncc1)CC1CCCCC1. The van der Waals surface area contributed by atoms with Crippen LogP contribution in [0.1, 0.15) is 44.1 Å². The van der Waals surface area contributed by atoms with Gasteiger partial charge >= 0.3 is 0 Å². The molecule has 1 fully saturated rings. The summed E-state index contributed by atoms with van der Waals surface area (Å²) in [7, 11) is 0. The molecule has 17 heavy (non-hydrogen) atoms. The van der Waals surface area contributed by atoms with Gasteiger partial charge in [0, 0.05) is 25.2 Å². The number of carbonyl (C=O) groups excluding carboxylic acids is 1. The van der Waals surface area contributed by atoms with Crippen LogP contribution < -0.4 is 0 Å². The number of halogens is 1. The van der Waals surface area contributed by atoms with Crippen molar-refractivity contribution in [3.8, 4) is 0 Å². The van der Waals surface area contributed by atoms with Crippen molar-refractivity contribution >= 4 is 18.2 Å². The zero-order chi connectivity index (χ0) is 11.2. The van der Waals surface area contributed by atoms with Crippen LogP contribution in [0.3, 0.4) is 0 Å². The molecule has 94 valence electrons. The van der Waals surface area contributed by atoms with E-state index in [0.29, 0.717) is 18.1 Å². The number of carbonyl (C=O) groups is 1. The van der Waals surface area contributed by atoms with E-state index in [2.05, 4.69) is 4.98 Å². The van der Waals surface area contributed by atoms with E-state index in [1.807, 2.05) is 12.1 Å². The number of aromatic nitrogens is 1. The average Bonchev–Trinajstić information content (AvgIpc) is 2.31. The Hall–Kier alpha value is -0.890. The molecular weight excluding hydrogens is 234 g/mol. The van der Waals surface area contributed by atoms with Crippen molar-refractivity contribution in [2.75, 3.05) is 0 Å².